The van der Waals surface area contributed by atoms with E-state index in [1.165, 1.54) is 17.5 Å². The van der Waals surface area contributed by atoms with Gasteiger partial charge in [0.05, 0.1) is 17.8 Å². The Balaban J connectivity index is 1.62. The summed E-state index contributed by atoms with van der Waals surface area (Å²) in [5, 5.41) is 7.25. The van der Waals surface area contributed by atoms with Gasteiger partial charge in [-0.25, -0.2) is 9.97 Å². The number of fused-ring (bicyclic) bond motifs is 1. The quantitative estimate of drug-likeness (QED) is 0.444. The van der Waals surface area contributed by atoms with E-state index in [1.807, 2.05) is 31.2 Å². The number of likely N-dealkylation sites (tertiary alicyclic amines) is 1. The van der Waals surface area contributed by atoms with Gasteiger partial charge in [0.2, 0.25) is 5.91 Å². The second-order valence-electron chi connectivity index (χ2n) is 8.43. The van der Waals surface area contributed by atoms with Crippen molar-refractivity contribution in [3.05, 3.63) is 59.9 Å². The molecule has 0 bridgehead atoms. The van der Waals surface area contributed by atoms with Crippen LogP contribution in [0, 0.1) is 0 Å². The van der Waals surface area contributed by atoms with Crippen LogP contribution in [0.4, 0.5) is 17.2 Å². The molecule has 34 heavy (non-hydrogen) atoms. The monoisotopic (exact) mass is 459 g/mol. The van der Waals surface area contributed by atoms with E-state index in [1.54, 1.807) is 6.08 Å². The molecule has 3 aromatic rings. The molecular weight excluding hydrogens is 426 g/mol. The van der Waals surface area contributed by atoms with E-state index in [0.717, 1.165) is 55.5 Å². The molecule has 2 aromatic carbocycles. The Morgan fingerprint density at radius 3 is 2.68 bits per heavy atom. The third kappa shape index (κ3) is 5.72. The molecule has 2 heterocycles. The molecule has 0 aliphatic carbocycles. The Labute approximate surface area is 201 Å². The van der Waals surface area contributed by atoms with Crippen LogP contribution in [0.2, 0.25) is 0 Å². The highest BCUT2D eigenvalue weighted by atomic mass is 16.5. The van der Waals surface area contributed by atoms with Gasteiger partial charge in [0.25, 0.3) is 0 Å². The van der Waals surface area contributed by atoms with Crippen molar-refractivity contribution in [1.82, 2.24) is 14.9 Å². The minimum atomic E-state index is -0.137. The van der Waals surface area contributed by atoms with Crippen molar-refractivity contribution in [3.63, 3.8) is 0 Å². The van der Waals surface area contributed by atoms with E-state index in [2.05, 4.69) is 51.5 Å². The summed E-state index contributed by atoms with van der Waals surface area (Å²) in [6.45, 7) is 9.77. The fourth-order valence-corrected chi connectivity index (χ4v) is 4.22. The second kappa shape index (κ2) is 11.1. The molecule has 0 saturated carbocycles. The van der Waals surface area contributed by atoms with E-state index in [-0.39, 0.29) is 5.91 Å². The Kier molecular flexibility index (Phi) is 7.75. The number of benzene rings is 2. The minimum absolute atomic E-state index is 0.137. The number of aromatic nitrogens is 2. The maximum atomic E-state index is 12.9. The summed E-state index contributed by atoms with van der Waals surface area (Å²) in [5.74, 6) is 1.14. The first-order chi connectivity index (χ1) is 16.6. The van der Waals surface area contributed by atoms with Gasteiger partial charge < -0.3 is 20.3 Å². The molecule has 1 aliphatic rings. The zero-order valence-corrected chi connectivity index (χ0v) is 20.2. The fraction of sp³-hybridized carbons (Fsp3) is 0.370. The number of carbonyl (C=O) groups excluding carboxylic acids is 1. The average molecular weight is 460 g/mol. The van der Waals surface area contributed by atoms with E-state index < -0.39 is 0 Å². The molecule has 0 unspecified atom stereocenters. The minimum Gasteiger partial charge on any atom is -0.492 e. The molecule has 0 radical (unpaired) electrons. The van der Waals surface area contributed by atoms with Gasteiger partial charge in [-0.2, -0.15) is 0 Å². The normalized spacial score (nSPS) is 14.1. The van der Waals surface area contributed by atoms with E-state index in [4.69, 9.17) is 4.74 Å². The number of rotatable bonds is 8. The molecule has 7 heteroatoms. The zero-order valence-electron chi connectivity index (χ0n) is 20.2. The maximum absolute atomic E-state index is 12.9. The first-order valence-corrected chi connectivity index (χ1v) is 12.1. The molecule has 178 valence electrons. The van der Waals surface area contributed by atoms with Crippen LogP contribution in [0.1, 0.15) is 39.2 Å². The molecule has 0 atom stereocenters. The highest BCUT2D eigenvalue weighted by Gasteiger charge is 2.16. The lowest BCUT2D eigenvalue weighted by atomic mass is 10.0. The summed E-state index contributed by atoms with van der Waals surface area (Å²) in [4.78, 5) is 24.2. The van der Waals surface area contributed by atoms with E-state index in [0.29, 0.717) is 23.9 Å². The Morgan fingerprint density at radius 1 is 1.12 bits per heavy atom. The molecule has 1 amide bonds. The molecule has 1 saturated heterocycles. The summed E-state index contributed by atoms with van der Waals surface area (Å²) >= 11 is 0. The number of anilines is 3. The number of piperidine rings is 1. The molecule has 7 nitrogen and oxygen atoms in total. The summed E-state index contributed by atoms with van der Waals surface area (Å²) in [6.07, 6.45) is 6.09. The van der Waals surface area contributed by atoms with Crippen LogP contribution in [-0.4, -0.2) is 47.0 Å². The molecule has 4 rings (SSSR count). The number of carbonyl (C=O) groups is 1. The summed E-state index contributed by atoms with van der Waals surface area (Å²) < 4.78 is 5.83. The molecule has 1 aromatic heterocycles. The standard InChI is InChI=1S/C27H33N5O2/c1-4-19-8-7-9-21(14-19)30-27-22-16-24(25(34-6-3)17-23(22)28-18-29-27)31-26(33)15-20-10-12-32(5-2)13-11-20/h7-9,14-18H,4-6,10-13H2,1-3H3,(H,31,33)(H,28,29,30). The molecule has 2 N–H and O–H groups in total. The van der Waals surface area contributed by atoms with Gasteiger partial charge in [0.15, 0.2) is 0 Å². The Bertz CT molecular complexity index is 1180. The van der Waals surface area contributed by atoms with Gasteiger partial charge in [0.1, 0.15) is 17.9 Å². The lowest BCUT2D eigenvalue weighted by Crippen LogP contribution is -2.30. The van der Waals surface area contributed by atoms with E-state index in [9.17, 15) is 4.79 Å². The topological polar surface area (TPSA) is 79.4 Å². The molecule has 1 fully saturated rings. The number of amides is 1. The molecule has 1 aliphatic heterocycles. The van der Waals surface area contributed by atoms with Crippen molar-refractivity contribution in [3.8, 4) is 5.75 Å². The number of hydrogen-bond donors (Lipinski definition) is 2. The van der Waals surface area contributed by atoms with Crippen molar-refractivity contribution >= 4 is 34.0 Å². The zero-order chi connectivity index (χ0) is 23.9. The number of ether oxygens (including phenoxy) is 1. The van der Waals surface area contributed by atoms with Gasteiger partial charge in [-0.05, 0) is 56.5 Å². The van der Waals surface area contributed by atoms with Crippen molar-refractivity contribution in [1.29, 1.82) is 0 Å². The van der Waals surface area contributed by atoms with Crippen LogP contribution in [0.5, 0.6) is 5.75 Å². The van der Waals surface area contributed by atoms with Crippen LogP contribution in [-0.2, 0) is 11.2 Å². The molecule has 0 spiro atoms. The predicted molar refractivity (Wildman–Crippen MR) is 138 cm³/mol. The first kappa shape index (κ1) is 23.7. The van der Waals surface area contributed by atoms with Gasteiger partial charge in [-0.1, -0.05) is 31.6 Å². The van der Waals surface area contributed by atoms with Crippen molar-refractivity contribution in [2.24, 2.45) is 0 Å². The van der Waals surface area contributed by atoms with E-state index >= 15 is 0 Å². The Morgan fingerprint density at radius 2 is 1.94 bits per heavy atom. The SMILES string of the molecule is CCOc1cc2ncnc(Nc3cccc(CC)c3)c2cc1NC(=O)C=C1CCN(CC)CC1. The largest absolute Gasteiger partial charge is 0.492 e. The smallest absolute Gasteiger partial charge is 0.248 e. The fourth-order valence-electron chi connectivity index (χ4n) is 4.22. The number of nitrogens with zero attached hydrogens (tertiary/aromatic N) is 3. The first-order valence-electron chi connectivity index (χ1n) is 12.1. The van der Waals surface area contributed by atoms with Crippen LogP contribution < -0.4 is 15.4 Å². The van der Waals surface area contributed by atoms with Crippen LogP contribution >= 0.6 is 0 Å². The summed E-state index contributed by atoms with van der Waals surface area (Å²) in [5.41, 5.74) is 4.75. The van der Waals surface area contributed by atoms with Gasteiger partial charge in [0, 0.05) is 36.3 Å². The lowest BCUT2D eigenvalue weighted by Gasteiger charge is -2.26. The average Bonchev–Trinajstić information content (AvgIpc) is 2.85. The highest BCUT2D eigenvalue weighted by Crippen LogP contribution is 2.33. The number of nitrogens with one attached hydrogen (secondary N) is 2. The van der Waals surface area contributed by atoms with Gasteiger partial charge in [-0.3, -0.25) is 4.79 Å². The maximum Gasteiger partial charge on any atom is 0.248 e. The van der Waals surface area contributed by atoms with Crippen LogP contribution in [0.15, 0.2) is 54.4 Å². The third-order valence-corrected chi connectivity index (χ3v) is 6.17. The van der Waals surface area contributed by atoms with Gasteiger partial charge >= 0.3 is 0 Å². The van der Waals surface area contributed by atoms with Crippen molar-refractivity contribution < 1.29 is 9.53 Å². The lowest BCUT2D eigenvalue weighted by molar-refractivity contribution is -0.112. The second-order valence-corrected chi connectivity index (χ2v) is 8.43. The van der Waals surface area contributed by atoms with Crippen LogP contribution in [0.25, 0.3) is 10.9 Å². The molecular formula is C27H33N5O2. The van der Waals surface area contributed by atoms with Gasteiger partial charge in [-0.15, -0.1) is 0 Å². The third-order valence-electron chi connectivity index (χ3n) is 6.17. The number of aryl methyl sites for hydroxylation is 1. The van der Waals surface area contributed by atoms with Crippen molar-refractivity contribution in [2.45, 2.75) is 40.0 Å². The summed E-state index contributed by atoms with van der Waals surface area (Å²) in [6, 6.07) is 12.0. The highest BCUT2D eigenvalue weighted by molar-refractivity contribution is 6.04. The predicted octanol–water partition coefficient (Wildman–Crippen LogP) is 5.32. The van der Waals surface area contributed by atoms with Crippen molar-refractivity contribution in [2.75, 3.05) is 36.9 Å². The van der Waals surface area contributed by atoms with Crippen LogP contribution in [0.3, 0.4) is 0 Å². The Hall–Kier alpha value is -3.45. The summed E-state index contributed by atoms with van der Waals surface area (Å²) in [7, 11) is 0. The number of hydrogen-bond acceptors (Lipinski definition) is 6.